The lowest BCUT2D eigenvalue weighted by molar-refractivity contribution is -0.123. The van der Waals surface area contributed by atoms with E-state index in [1.165, 1.54) is 13.0 Å². The largest absolute Gasteiger partial charge is 0.507 e. The number of ketones is 1. The number of esters is 1. The SMILES string of the molecule is CC(C)Nc1cc(O)c2c(c1)/C=C/C[C@H](O)[C@H](C)C(=O)/C(F)=C\[C@@H](C)[C@H](C)OC2=O. The third-order valence-corrected chi connectivity index (χ3v) is 5.15. The number of rotatable bonds is 2. The molecule has 1 aromatic rings. The maximum Gasteiger partial charge on any atom is 0.342 e. The lowest BCUT2D eigenvalue weighted by Gasteiger charge is -2.21. The summed E-state index contributed by atoms with van der Waals surface area (Å²) in [6.07, 6.45) is 2.49. The lowest BCUT2D eigenvalue weighted by Crippen LogP contribution is -2.27. The number of phenols is 1. The van der Waals surface area contributed by atoms with Crippen molar-refractivity contribution in [3.8, 4) is 5.75 Å². The first-order valence-corrected chi connectivity index (χ1v) is 10.1. The van der Waals surface area contributed by atoms with Crippen LogP contribution < -0.4 is 5.32 Å². The Kier molecular flexibility index (Phi) is 7.78. The molecule has 4 atom stereocenters. The fourth-order valence-electron chi connectivity index (χ4n) is 3.13. The molecule has 2 rings (SSSR count). The van der Waals surface area contributed by atoms with Gasteiger partial charge in [-0.05, 0) is 44.9 Å². The Morgan fingerprint density at radius 1 is 1.20 bits per heavy atom. The van der Waals surface area contributed by atoms with E-state index in [1.54, 1.807) is 32.1 Å². The first-order valence-electron chi connectivity index (χ1n) is 10.1. The molecule has 0 aliphatic carbocycles. The predicted octanol–water partition coefficient (Wildman–Crippen LogP) is 4.23. The number of fused-ring (bicyclic) bond motifs is 1. The van der Waals surface area contributed by atoms with Crippen molar-refractivity contribution in [2.75, 3.05) is 5.32 Å². The summed E-state index contributed by atoms with van der Waals surface area (Å²) in [7, 11) is 0. The molecule has 0 aromatic heterocycles. The van der Waals surface area contributed by atoms with Crippen molar-refractivity contribution < 1.29 is 28.9 Å². The van der Waals surface area contributed by atoms with Gasteiger partial charge in [0.15, 0.2) is 11.6 Å². The summed E-state index contributed by atoms with van der Waals surface area (Å²) in [5.41, 5.74) is 1.02. The summed E-state index contributed by atoms with van der Waals surface area (Å²) in [5.74, 6) is -4.28. The number of anilines is 1. The van der Waals surface area contributed by atoms with Crippen LogP contribution in [-0.2, 0) is 9.53 Å². The van der Waals surface area contributed by atoms with Crippen LogP contribution in [0.2, 0.25) is 0 Å². The van der Waals surface area contributed by atoms with Gasteiger partial charge in [0.25, 0.3) is 0 Å². The maximum absolute atomic E-state index is 14.3. The van der Waals surface area contributed by atoms with E-state index in [9.17, 15) is 24.2 Å². The van der Waals surface area contributed by atoms with E-state index in [1.807, 2.05) is 13.8 Å². The monoisotopic (exact) mass is 419 g/mol. The summed E-state index contributed by atoms with van der Waals surface area (Å²) in [6.45, 7) is 8.56. The minimum atomic E-state index is -1.09. The van der Waals surface area contributed by atoms with Gasteiger partial charge >= 0.3 is 5.97 Å². The second-order valence-corrected chi connectivity index (χ2v) is 8.10. The van der Waals surface area contributed by atoms with Gasteiger partial charge in [-0.2, -0.15) is 0 Å². The molecule has 3 N–H and O–H groups in total. The first kappa shape index (κ1) is 23.6. The van der Waals surface area contributed by atoms with Crippen molar-refractivity contribution in [2.45, 2.75) is 59.3 Å². The number of hydrogen-bond donors (Lipinski definition) is 3. The summed E-state index contributed by atoms with van der Waals surface area (Å²) in [6, 6.07) is 3.25. The summed E-state index contributed by atoms with van der Waals surface area (Å²) in [5, 5.41) is 24.0. The number of carbonyl (C=O) groups is 2. The highest BCUT2D eigenvalue weighted by Crippen LogP contribution is 2.30. The van der Waals surface area contributed by atoms with E-state index in [2.05, 4.69) is 5.32 Å². The molecule has 0 unspecified atom stereocenters. The number of allylic oxidation sites excluding steroid dienone is 1. The smallest absolute Gasteiger partial charge is 0.342 e. The molecule has 30 heavy (non-hydrogen) atoms. The molecule has 0 radical (unpaired) electrons. The van der Waals surface area contributed by atoms with E-state index in [0.717, 1.165) is 6.08 Å². The number of ether oxygens (including phenoxy) is 1. The van der Waals surface area contributed by atoms with Gasteiger partial charge in [0.1, 0.15) is 17.4 Å². The Morgan fingerprint density at radius 3 is 2.50 bits per heavy atom. The van der Waals surface area contributed by atoms with Crippen LogP contribution in [0.1, 0.15) is 57.0 Å². The maximum atomic E-state index is 14.3. The second kappa shape index (κ2) is 9.89. The van der Waals surface area contributed by atoms with Gasteiger partial charge in [0.05, 0.1) is 6.10 Å². The predicted molar refractivity (Wildman–Crippen MR) is 114 cm³/mol. The number of halogens is 1. The molecule has 0 fully saturated rings. The molecular formula is C23H30FNO5. The number of hydrogen-bond acceptors (Lipinski definition) is 6. The highest BCUT2D eigenvalue weighted by molar-refractivity contribution is 5.98. The number of aliphatic hydroxyl groups is 1. The number of Topliss-reactive ketones (excluding diaryl/α,β-unsaturated/α-hetero) is 1. The fourth-order valence-corrected chi connectivity index (χ4v) is 3.13. The van der Waals surface area contributed by atoms with Crippen molar-refractivity contribution in [2.24, 2.45) is 11.8 Å². The van der Waals surface area contributed by atoms with Crippen LogP contribution in [-0.4, -0.2) is 40.2 Å². The Morgan fingerprint density at radius 2 is 1.87 bits per heavy atom. The Bertz CT molecular complexity index is 861. The summed E-state index contributed by atoms with van der Waals surface area (Å²) < 4.78 is 19.8. The molecule has 7 heteroatoms. The number of aromatic hydroxyl groups is 1. The summed E-state index contributed by atoms with van der Waals surface area (Å²) >= 11 is 0. The Labute approximate surface area is 176 Å². The van der Waals surface area contributed by atoms with Gasteiger partial charge in [0.2, 0.25) is 0 Å². The molecule has 0 saturated carbocycles. The minimum Gasteiger partial charge on any atom is -0.507 e. The Balaban J connectivity index is 2.54. The topological polar surface area (TPSA) is 95.9 Å². The van der Waals surface area contributed by atoms with Gasteiger partial charge in [-0.3, -0.25) is 4.79 Å². The van der Waals surface area contributed by atoms with E-state index < -0.39 is 41.6 Å². The molecular weight excluding hydrogens is 389 g/mol. The number of nitrogens with one attached hydrogen (secondary N) is 1. The van der Waals surface area contributed by atoms with Crippen LogP contribution in [0.3, 0.4) is 0 Å². The van der Waals surface area contributed by atoms with Crippen LogP contribution in [0.5, 0.6) is 5.75 Å². The summed E-state index contributed by atoms with van der Waals surface area (Å²) in [4.78, 5) is 25.0. The fraction of sp³-hybridized carbons (Fsp3) is 0.478. The zero-order chi connectivity index (χ0) is 22.6. The normalized spacial score (nSPS) is 28.7. The van der Waals surface area contributed by atoms with Crippen molar-refractivity contribution in [1.29, 1.82) is 0 Å². The van der Waals surface area contributed by atoms with Gasteiger partial charge in [-0.15, -0.1) is 0 Å². The highest BCUT2D eigenvalue weighted by atomic mass is 19.1. The average Bonchev–Trinajstić information content (AvgIpc) is 2.64. The molecule has 1 aliphatic rings. The molecule has 1 aliphatic heterocycles. The zero-order valence-electron chi connectivity index (χ0n) is 18.0. The molecule has 0 bridgehead atoms. The quantitative estimate of drug-likeness (QED) is 0.621. The van der Waals surface area contributed by atoms with Gasteiger partial charge < -0.3 is 20.3 Å². The van der Waals surface area contributed by atoms with Crippen molar-refractivity contribution in [1.82, 2.24) is 0 Å². The molecule has 164 valence electrons. The molecule has 0 amide bonds. The number of phenolic OH excluding ortho intramolecular Hbond substituents is 1. The van der Waals surface area contributed by atoms with E-state index in [4.69, 9.17) is 4.74 Å². The molecule has 0 spiro atoms. The van der Waals surface area contributed by atoms with Crippen molar-refractivity contribution in [3.05, 3.63) is 41.2 Å². The van der Waals surface area contributed by atoms with Crippen LogP contribution in [0, 0.1) is 11.8 Å². The van der Waals surface area contributed by atoms with Crippen LogP contribution in [0.25, 0.3) is 6.08 Å². The first-order chi connectivity index (χ1) is 14.0. The van der Waals surface area contributed by atoms with Crippen molar-refractivity contribution >= 4 is 23.5 Å². The van der Waals surface area contributed by atoms with Crippen molar-refractivity contribution in [3.63, 3.8) is 0 Å². The van der Waals surface area contributed by atoms with E-state index in [-0.39, 0.29) is 23.8 Å². The molecule has 1 aromatic carbocycles. The molecule has 1 heterocycles. The third-order valence-electron chi connectivity index (χ3n) is 5.15. The standard InChI is InChI=1S/C23H30FNO5/c1-12(2)25-17-10-16-7-6-8-19(26)14(4)22(28)18(24)9-13(3)15(5)30-23(29)21(16)20(27)11-17/h6-7,9-15,19,25-27H,8H2,1-5H3/b7-6+,18-9+/t13-,14+,15+,19+/m1/s1. The minimum absolute atomic E-state index is 0.0141. The van der Waals surface area contributed by atoms with Crippen LogP contribution >= 0.6 is 0 Å². The molecule has 0 saturated heterocycles. The van der Waals surface area contributed by atoms with Gasteiger partial charge in [-0.1, -0.05) is 26.0 Å². The average molecular weight is 419 g/mol. The van der Waals surface area contributed by atoms with Gasteiger partial charge in [0, 0.05) is 29.6 Å². The molecule has 6 nitrogen and oxygen atoms in total. The second-order valence-electron chi connectivity index (χ2n) is 8.10. The number of carbonyl (C=O) groups excluding carboxylic acids is 2. The highest BCUT2D eigenvalue weighted by Gasteiger charge is 2.27. The zero-order valence-corrected chi connectivity index (χ0v) is 18.0. The van der Waals surface area contributed by atoms with E-state index in [0.29, 0.717) is 11.3 Å². The van der Waals surface area contributed by atoms with Crippen LogP contribution in [0.15, 0.2) is 30.1 Å². The van der Waals surface area contributed by atoms with Gasteiger partial charge in [-0.25, -0.2) is 9.18 Å². The number of aliphatic hydroxyl groups excluding tert-OH is 1. The Hall–Kier alpha value is -2.67. The third kappa shape index (κ3) is 5.69. The lowest BCUT2D eigenvalue weighted by atomic mass is 9.93. The number of cyclic esters (lactones) is 1. The number of benzene rings is 1. The van der Waals surface area contributed by atoms with E-state index >= 15 is 0 Å². The van der Waals surface area contributed by atoms with Crippen LogP contribution in [0.4, 0.5) is 10.1 Å².